The summed E-state index contributed by atoms with van der Waals surface area (Å²) in [5.41, 5.74) is 2.48. The Balaban J connectivity index is 1.62. The van der Waals surface area contributed by atoms with Gasteiger partial charge >= 0.3 is 0 Å². The average Bonchev–Trinajstić information content (AvgIpc) is 3.02. The lowest BCUT2D eigenvalue weighted by Crippen LogP contribution is -2.31. The first-order valence-corrected chi connectivity index (χ1v) is 10.1. The zero-order valence-corrected chi connectivity index (χ0v) is 16.7. The van der Waals surface area contributed by atoms with Gasteiger partial charge in [0.1, 0.15) is 11.1 Å². The molecule has 1 aliphatic rings. The number of hydrogen-bond acceptors (Lipinski definition) is 5. The minimum absolute atomic E-state index is 0.0498. The van der Waals surface area contributed by atoms with Crippen molar-refractivity contribution in [1.29, 1.82) is 5.26 Å². The predicted molar refractivity (Wildman–Crippen MR) is 113 cm³/mol. The van der Waals surface area contributed by atoms with Crippen LogP contribution in [0.15, 0.2) is 71.8 Å². The van der Waals surface area contributed by atoms with E-state index >= 15 is 0 Å². The van der Waals surface area contributed by atoms with Gasteiger partial charge in [-0.15, -0.1) is 0 Å². The van der Waals surface area contributed by atoms with Crippen molar-refractivity contribution in [3.05, 3.63) is 77.3 Å². The number of carbonyl (C=O) groups is 2. The molecule has 0 N–H and O–H groups in total. The van der Waals surface area contributed by atoms with Crippen LogP contribution in [-0.2, 0) is 9.59 Å². The van der Waals surface area contributed by atoms with Gasteiger partial charge in [-0.3, -0.25) is 9.59 Å². The van der Waals surface area contributed by atoms with E-state index < -0.39 is 5.25 Å². The van der Waals surface area contributed by atoms with Gasteiger partial charge < -0.3 is 0 Å². The Kier molecular flexibility index (Phi) is 5.34. The van der Waals surface area contributed by atoms with Crippen LogP contribution >= 0.6 is 23.4 Å². The molecule has 0 spiro atoms. The van der Waals surface area contributed by atoms with Crippen molar-refractivity contribution in [2.24, 2.45) is 0 Å². The number of thioether (sulfide) groups is 1. The van der Waals surface area contributed by atoms with Crippen LogP contribution in [0.25, 0.3) is 11.3 Å². The van der Waals surface area contributed by atoms with Crippen LogP contribution in [0.5, 0.6) is 0 Å². The summed E-state index contributed by atoms with van der Waals surface area (Å²) >= 11 is 7.05. The van der Waals surface area contributed by atoms with E-state index in [1.54, 1.807) is 36.4 Å². The summed E-state index contributed by atoms with van der Waals surface area (Å²) in [5.74, 6) is -0.606. The molecule has 1 atom stereocenters. The first kappa shape index (κ1) is 19.2. The number of aromatic nitrogens is 1. The third kappa shape index (κ3) is 3.88. The third-order valence-electron chi connectivity index (χ3n) is 4.49. The highest BCUT2D eigenvalue weighted by molar-refractivity contribution is 8.00. The highest BCUT2D eigenvalue weighted by Gasteiger charge is 2.40. The quantitative estimate of drug-likeness (QED) is 0.573. The maximum Gasteiger partial charge on any atom is 0.247 e. The molecule has 1 aliphatic heterocycles. The number of nitriles is 1. The molecule has 5 nitrogen and oxygen atoms in total. The smallest absolute Gasteiger partial charge is 0.247 e. The second-order valence-corrected chi connectivity index (χ2v) is 8.01. The molecular weight excluding hydrogens is 406 g/mol. The van der Waals surface area contributed by atoms with Gasteiger partial charge in [-0.1, -0.05) is 53.7 Å². The Hall–Kier alpha value is -3.14. The highest BCUT2D eigenvalue weighted by atomic mass is 35.5. The standard InChI is InChI=1S/C22H14ClN3O2S/c23-16-7-9-17(10-8-16)26-20(27)12-19(22(26)28)29-21-15(13-24)6-11-18(25-21)14-4-2-1-3-5-14/h1-11,19H,12H2/t19-/m0/s1. The molecule has 7 heteroatoms. The number of imide groups is 1. The lowest BCUT2D eigenvalue weighted by Gasteiger charge is -2.15. The Morgan fingerprint density at radius 1 is 1.03 bits per heavy atom. The van der Waals surface area contributed by atoms with E-state index in [9.17, 15) is 14.9 Å². The average molecular weight is 420 g/mol. The number of nitrogens with zero attached hydrogens (tertiary/aromatic N) is 3. The molecule has 142 valence electrons. The van der Waals surface area contributed by atoms with Crippen molar-refractivity contribution in [2.45, 2.75) is 16.7 Å². The van der Waals surface area contributed by atoms with Crippen molar-refractivity contribution < 1.29 is 9.59 Å². The van der Waals surface area contributed by atoms with E-state index in [0.29, 0.717) is 27.0 Å². The summed E-state index contributed by atoms with van der Waals surface area (Å²) in [4.78, 5) is 31.1. The second-order valence-electron chi connectivity index (χ2n) is 6.38. The molecule has 1 fully saturated rings. The zero-order chi connectivity index (χ0) is 20.4. The van der Waals surface area contributed by atoms with E-state index in [2.05, 4.69) is 11.1 Å². The van der Waals surface area contributed by atoms with Crippen molar-refractivity contribution >= 4 is 40.9 Å². The molecule has 0 aliphatic carbocycles. The molecule has 0 unspecified atom stereocenters. The molecule has 2 amide bonds. The number of benzene rings is 2. The van der Waals surface area contributed by atoms with Crippen LogP contribution in [0.3, 0.4) is 0 Å². The Labute approximate surface area is 176 Å². The van der Waals surface area contributed by atoms with Gasteiger partial charge in [0.2, 0.25) is 11.8 Å². The van der Waals surface area contributed by atoms with Crippen LogP contribution in [0.4, 0.5) is 5.69 Å². The van der Waals surface area contributed by atoms with Gasteiger partial charge in [0, 0.05) is 17.0 Å². The van der Waals surface area contributed by atoms with Crippen LogP contribution in [0.1, 0.15) is 12.0 Å². The van der Waals surface area contributed by atoms with Gasteiger partial charge in [0.05, 0.1) is 22.2 Å². The van der Waals surface area contributed by atoms with Crippen LogP contribution in [0.2, 0.25) is 5.02 Å². The van der Waals surface area contributed by atoms with Crippen molar-refractivity contribution in [3.8, 4) is 17.3 Å². The monoisotopic (exact) mass is 419 g/mol. The lowest BCUT2D eigenvalue weighted by atomic mass is 10.1. The van der Waals surface area contributed by atoms with Crippen molar-refractivity contribution in [3.63, 3.8) is 0 Å². The molecule has 0 bridgehead atoms. The maximum absolute atomic E-state index is 12.9. The molecule has 2 heterocycles. The number of pyridine rings is 1. The molecule has 1 aromatic heterocycles. The van der Waals surface area contributed by atoms with Gasteiger partial charge in [-0.05, 0) is 36.4 Å². The molecule has 0 saturated carbocycles. The molecule has 3 aromatic rings. The molecule has 2 aromatic carbocycles. The Bertz CT molecular complexity index is 1130. The SMILES string of the molecule is N#Cc1ccc(-c2ccccc2)nc1S[C@H]1CC(=O)N(c2ccc(Cl)cc2)C1=O. The summed E-state index contributed by atoms with van der Waals surface area (Å²) in [5, 5.41) is 9.78. The normalized spacial score (nSPS) is 16.1. The number of carbonyl (C=O) groups excluding carboxylic acids is 2. The minimum atomic E-state index is -0.635. The largest absolute Gasteiger partial charge is 0.274 e. The number of rotatable bonds is 4. The topological polar surface area (TPSA) is 74.1 Å². The summed E-state index contributed by atoms with van der Waals surface area (Å²) in [7, 11) is 0. The summed E-state index contributed by atoms with van der Waals surface area (Å²) < 4.78 is 0. The van der Waals surface area contributed by atoms with Gasteiger partial charge in [-0.25, -0.2) is 9.88 Å². The van der Waals surface area contributed by atoms with Crippen LogP contribution < -0.4 is 4.90 Å². The number of halogens is 1. The van der Waals surface area contributed by atoms with Gasteiger partial charge in [0.15, 0.2) is 0 Å². The van der Waals surface area contributed by atoms with E-state index in [1.165, 1.54) is 4.90 Å². The Morgan fingerprint density at radius 2 is 1.76 bits per heavy atom. The number of anilines is 1. The summed E-state index contributed by atoms with van der Waals surface area (Å²) in [6.45, 7) is 0. The van der Waals surface area contributed by atoms with Crippen molar-refractivity contribution in [1.82, 2.24) is 4.98 Å². The molecule has 0 radical (unpaired) electrons. The van der Waals surface area contributed by atoms with Crippen LogP contribution in [-0.4, -0.2) is 22.0 Å². The molecule has 29 heavy (non-hydrogen) atoms. The van der Waals surface area contributed by atoms with E-state index in [0.717, 1.165) is 17.3 Å². The summed E-state index contributed by atoms with van der Waals surface area (Å²) in [6, 6.07) is 21.7. The molecule has 1 saturated heterocycles. The predicted octanol–water partition coefficient (Wildman–Crippen LogP) is 4.70. The minimum Gasteiger partial charge on any atom is -0.274 e. The van der Waals surface area contributed by atoms with E-state index in [-0.39, 0.29) is 18.2 Å². The van der Waals surface area contributed by atoms with Gasteiger partial charge in [0.25, 0.3) is 0 Å². The Morgan fingerprint density at radius 3 is 2.45 bits per heavy atom. The maximum atomic E-state index is 12.9. The fourth-order valence-corrected chi connectivity index (χ4v) is 4.30. The number of amides is 2. The highest BCUT2D eigenvalue weighted by Crippen LogP contribution is 2.35. The first-order valence-electron chi connectivity index (χ1n) is 8.82. The molecular formula is C22H14ClN3O2S. The fraction of sp³-hybridized carbons (Fsp3) is 0.0909. The van der Waals surface area contributed by atoms with Crippen molar-refractivity contribution in [2.75, 3.05) is 4.90 Å². The lowest BCUT2D eigenvalue weighted by molar-refractivity contribution is -0.121. The van der Waals surface area contributed by atoms with E-state index in [4.69, 9.17) is 11.6 Å². The third-order valence-corrected chi connectivity index (χ3v) is 5.93. The van der Waals surface area contributed by atoms with Gasteiger partial charge in [-0.2, -0.15) is 5.26 Å². The number of hydrogen-bond donors (Lipinski definition) is 0. The first-order chi connectivity index (χ1) is 14.1. The second kappa shape index (κ2) is 8.08. The van der Waals surface area contributed by atoms with Crippen LogP contribution in [0, 0.1) is 11.3 Å². The summed E-state index contributed by atoms with van der Waals surface area (Å²) in [6.07, 6.45) is 0.0498. The zero-order valence-electron chi connectivity index (χ0n) is 15.1. The fourth-order valence-electron chi connectivity index (χ4n) is 3.08. The molecule has 4 rings (SSSR count). The van der Waals surface area contributed by atoms with E-state index in [1.807, 2.05) is 30.3 Å².